The zero-order chi connectivity index (χ0) is 14.4. The Bertz CT molecular complexity index is 552. The molecule has 0 aliphatic carbocycles. The smallest absolute Gasteiger partial charge is 0.307 e. The van der Waals surface area contributed by atoms with Gasteiger partial charge >= 0.3 is 5.97 Å². The molecule has 4 heteroatoms. The summed E-state index contributed by atoms with van der Waals surface area (Å²) in [6, 6.07) is 17.3. The Morgan fingerprint density at radius 2 is 1.70 bits per heavy atom. The van der Waals surface area contributed by atoms with Gasteiger partial charge in [0, 0.05) is 11.4 Å². The summed E-state index contributed by atoms with van der Waals surface area (Å²) in [7, 11) is 0. The second-order valence-corrected chi connectivity index (χ2v) is 4.54. The highest BCUT2D eigenvalue weighted by Gasteiger charge is 2.08. The predicted molar refractivity (Wildman–Crippen MR) is 78.5 cm³/mol. The number of carboxylic acid groups (broad SMARTS) is 1. The van der Waals surface area contributed by atoms with Crippen LogP contribution in [0.25, 0.3) is 0 Å². The van der Waals surface area contributed by atoms with Crippen molar-refractivity contribution in [3.63, 3.8) is 0 Å². The summed E-state index contributed by atoms with van der Waals surface area (Å²) in [6.07, 6.45) is -0.357. The number of carboxylic acids is 1. The molecule has 0 aliphatic heterocycles. The summed E-state index contributed by atoms with van der Waals surface area (Å²) in [6.45, 7) is 1.74. The molecular formula is C16H17NO3. The first-order valence-corrected chi connectivity index (χ1v) is 6.44. The minimum absolute atomic E-state index is 0.00990. The van der Waals surface area contributed by atoms with Crippen molar-refractivity contribution in [2.45, 2.75) is 19.4 Å². The van der Waals surface area contributed by atoms with Gasteiger partial charge in [0.15, 0.2) is 0 Å². The van der Waals surface area contributed by atoms with E-state index in [1.807, 2.05) is 54.6 Å². The number of hydrogen-bond acceptors (Lipinski definition) is 3. The maximum Gasteiger partial charge on any atom is 0.307 e. The van der Waals surface area contributed by atoms with Crippen LogP contribution < -0.4 is 10.1 Å². The first-order chi connectivity index (χ1) is 9.63. The Balaban J connectivity index is 1.94. The quantitative estimate of drug-likeness (QED) is 0.841. The molecule has 104 valence electrons. The van der Waals surface area contributed by atoms with Crippen LogP contribution in [-0.4, -0.2) is 17.2 Å². The van der Waals surface area contributed by atoms with Crippen molar-refractivity contribution in [1.29, 1.82) is 0 Å². The van der Waals surface area contributed by atoms with Crippen LogP contribution in [0.2, 0.25) is 0 Å². The molecule has 0 aromatic heterocycles. The van der Waals surface area contributed by atoms with Crippen LogP contribution in [0, 0.1) is 0 Å². The van der Waals surface area contributed by atoms with Crippen molar-refractivity contribution in [2.75, 3.05) is 5.32 Å². The molecule has 0 spiro atoms. The Morgan fingerprint density at radius 3 is 2.30 bits per heavy atom. The summed E-state index contributed by atoms with van der Waals surface area (Å²) in [5, 5.41) is 11.9. The molecule has 2 N–H and O–H groups in total. The van der Waals surface area contributed by atoms with E-state index in [1.54, 1.807) is 6.92 Å². The number of anilines is 2. The lowest BCUT2D eigenvalue weighted by atomic mass is 10.2. The topological polar surface area (TPSA) is 58.6 Å². The first kappa shape index (κ1) is 13.9. The number of para-hydroxylation sites is 1. The average molecular weight is 271 g/mol. The lowest BCUT2D eigenvalue weighted by Crippen LogP contribution is -2.16. The molecule has 0 saturated carbocycles. The summed E-state index contributed by atoms with van der Waals surface area (Å²) < 4.78 is 5.52. The van der Waals surface area contributed by atoms with Gasteiger partial charge in [-0.1, -0.05) is 18.2 Å². The molecule has 0 radical (unpaired) electrons. The van der Waals surface area contributed by atoms with Crippen molar-refractivity contribution in [1.82, 2.24) is 0 Å². The third-order valence-corrected chi connectivity index (χ3v) is 2.72. The van der Waals surface area contributed by atoms with E-state index in [2.05, 4.69) is 5.32 Å². The van der Waals surface area contributed by atoms with Crippen molar-refractivity contribution < 1.29 is 14.6 Å². The van der Waals surface area contributed by atoms with Gasteiger partial charge in [0.25, 0.3) is 0 Å². The highest BCUT2D eigenvalue weighted by atomic mass is 16.5. The fourth-order valence-corrected chi connectivity index (χ4v) is 1.82. The summed E-state index contributed by atoms with van der Waals surface area (Å²) in [5.41, 5.74) is 1.97. The van der Waals surface area contributed by atoms with E-state index >= 15 is 0 Å². The van der Waals surface area contributed by atoms with Gasteiger partial charge in [0.05, 0.1) is 6.42 Å². The number of hydrogen-bond donors (Lipinski definition) is 2. The third kappa shape index (κ3) is 4.31. The van der Waals surface area contributed by atoms with Crippen molar-refractivity contribution in [3.8, 4) is 5.75 Å². The van der Waals surface area contributed by atoms with Gasteiger partial charge in [-0.3, -0.25) is 4.79 Å². The molecular weight excluding hydrogens is 254 g/mol. The molecule has 0 saturated heterocycles. The van der Waals surface area contributed by atoms with E-state index in [-0.39, 0.29) is 12.5 Å². The minimum Gasteiger partial charge on any atom is -0.490 e. The molecule has 0 amide bonds. The van der Waals surface area contributed by atoms with Crippen LogP contribution in [0.1, 0.15) is 13.3 Å². The Morgan fingerprint density at radius 1 is 1.10 bits per heavy atom. The Labute approximate surface area is 118 Å². The van der Waals surface area contributed by atoms with E-state index in [1.165, 1.54) is 0 Å². The maximum absolute atomic E-state index is 10.6. The third-order valence-electron chi connectivity index (χ3n) is 2.72. The lowest BCUT2D eigenvalue weighted by Gasteiger charge is -2.13. The van der Waals surface area contributed by atoms with Gasteiger partial charge < -0.3 is 15.2 Å². The molecule has 0 heterocycles. The van der Waals surface area contributed by atoms with Crippen molar-refractivity contribution in [3.05, 3.63) is 54.6 Å². The number of aliphatic carboxylic acids is 1. The molecule has 2 aromatic carbocycles. The number of nitrogens with one attached hydrogen (secondary N) is 1. The molecule has 20 heavy (non-hydrogen) atoms. The standard InChI is InChI=1S/C16H17NO3/c1-12(11-16(18)19)20-15-9-7-14(8-10-15)17-13-5-3-2-4-6-13/h2-10,12,17H,11H2,1H3,(H,18,19)/t12-/m1/s1. The van der Waals surface area contributed by atoms with Crippen LogP contribution in [-0.2, 0) is 4.79 Å². The first-order valence-electron chi connectivity index (χ1n) is 6.44. The SMILES string of the molecule is C[C@H](CC(=O)O)Oc1ccc(Nc2ccccc2)cc1. The molecule has 0 fully saturated rings. The second-order valence-electron chi connectivity index (χ2n) is 4.54. The van der Waals surface area contributed by atoms with Crippen LogP contribution in [0.4, 0.5) is 11.4 Å². The van der Waals surface area contributed by atoms with E-state index in [4.69, 9.17) is 9.84 Å². The largest absolute Gasteiger partial charge is 0.490 e. The number of rotatable bonds is 6. The highest BCUT2D eigenvalue weighted by molar-refractivity contribution is 5.67. The molecule has 0 bridgehead atoms. The van der Waals surface area contributed by atoms with E-state index in [9.17, 15) is 4.79 Å². The van der Waals surface area contributed by atoms with Gasteiger partial charge in [0.1, 0.15) is 11.9 Å². The maximum atomic E-state index is 10.6. The van der Waals surface area contributed by atoms with E-state index < -0.39 is 5.97 Å². The lowest BCUT2D eigenvalue weighted by molar-refractivity contribution is -0.138. The summed E-state index contributed by atoms with van der Waals surface area (Å²) in [4.78, 5) is 10.6. The summed E-state index contributed by atoms with van der Waals surface area (Å²) >= 11 is 0. The van der Waals surface area contributed by atoms with Crippen molar-refractivity contribution >= 4 is 17.3 Å². The fourth-order valence-electron chi connectivity index (χ4n) is 1.82. The molecule has 0 unspecified atom stereocenters. The number of carbonyl (C=O) groups is 1. The fraction of sp³-hybridized carbons (Fsp3) is 0.188. The van der Waals surface area contributed by atoms with Gasteiger partial charge in [-0.15, -0.1) is 0 Å². The van der Waals surface area contributed by atoms with Gasteiger partial charge in [-0.25, -0.2) is 0 Å². The molecule has 4 nitrogen and oxygen atoms in total. The summed E-state index contributed by atoms with van der Waals surface area (Å²) in [5.74, 6) is -0.197. The van der Waals surface area contributed by atoms with Gasteiger partial charge in [-0.2, -0.15) is 0 Å². The zero-order valence-electron chi connectivity index (χ0n) is 11.2. The van der Waals surface area contributed by atoms with E-state index in [0.717, 1.165) is 11.4 Å². The Hall–Kier alpha value is -2.49. The van der Waals surface area contributed by atoms with E-state index in [0.29, 0.717) is 5.75 Å². The second kappa shape index (κ2) is 6.61. The Kier molecular flexibility index (Phi) is 4.60. The average Bonchev–Trinajstić information content (AvgIpc) is 2.41. The van der Waals surface area contributed by atoms with Crippen molar-refractivity contribution in [2.24, 2.45) is 0 Å². The molecule has 1 atom stereocenters. The van der Waals surface area contributed by atoms with Crippen LogP contribution in [0.3, 0.4) is 0 Å². The van der Waals surface area contributed by atoms with Crippen LogP contribution >= 0.6 is 0 Å². The van der Waals surface area contributed by atoms with Crippen LogP contribution in [0.5, 0.6) is 5.75 Å². The number of benzene rings is 2. The highest BCUT2D eigenvalue weighted by Crippen LogP contribution is 2.20. The molecule has 2 rings (SSSR count). The monoisotopic (exact) mass is 271 g/mol. The molecule has 0 aliphatic rings. The normalized spacial score (nSPS) is 11.7. The molecule has 2 aromatic rings. The zero-order valence-corrected chi connectivity index (χ0v) is 11.2. The van der Waals surface area contributed by atoms with Gasteiger partial charge in [-0.05, 0) is 43.3 Å². The van der Waals surface area contributed by atoms with Crippen LogP contribution in [0.15, 0.2) is 54.6 Å². The van der Waals surface area contributed by atoms with Gasteiger partial charge in [0.2, 0.25) is 0 Å². The number of ether oxygens (including phenoxy) is 1. The minimum atomic E-state index is -0.861. The predicted octanol–water partition coefficient (Wildman–Crippen LogP) is 3.67.